The summed E-state index contributed by atoms with van der Waals surface area (Å²) in [5.41, 5.74) is 6.67. The average Bonchev–Trinajstić information content (AvgIpc) is 2.90. The molecule has 0 spiro atoms. The van der Waals surface area contributed by atoms with E-state index in [4.69, 9.17) is 23.8 Å². The molecule has 1 aliphatic rings. The number of hydrogen-bond acceptors (Lipinski definition) is 7. The van der Waals surface area contributed by atoms with E-state index in [-0.39, 0.29) is 33.6 Å². The van der Waals surface area contributed by atoms with Crippen LogP contribution in [0.15, 0.2) is 65.8 Å². The standard InChI is InChI=1S/C24H25ClFN7O3S2/c25-21-14-18(26)3-2-17(21)15-33-12-8-16(9-13-33)22(34)30-31-24(37)29-19-4-6-20(7-5-19)38(35,36)32-23-27-10-1-11-28-23/h1-7,10-11,14,16H,8-9,12-13,15H2,(H,30,34)(H,27,28,32)(H2,29,31,37). The third kappa shape index (κ3) is 7.57. The highest BCUT2D eigenvalue weighted by Crippen LogP contribution is 2.23. The van der Waals surface area contributed by atoms with Crippen molar-refractivity contribution in [3.05, 3.63) is 77.3 Å². The molecule has 0 radical (unpaired) electrons. The second kappa shape index (κ2) is 12.4. The number of aromatic nitrogens is 2. The number of hydrogen-bond donors (Lipinski definition) is 4. The number of rotatable bonds is 7. The van der Waals surface area contributed by atoms with Crippen LogP contribution >= 0.6 is 23.8 Å². The summed E-state index contributed by atoms with van der Waals surface area (Å²) in [4.78, 5) is 22.5. The first-order chi connectivity index (χ1) is 18.2. The summed E-state index contributed by atoms with van der Waals surface area (Å²) in [6.45, 7) is 2.00. The fourth-order valence-corrected chi connectivity index (χ4v) is 5.23. The van der Waals surface area contributed by atoms with Crippen LogP contribution in [0.25, 0.3) is 0 Å². The Morgan fingerprint density at radius 2 is 1.76 bits per heavy atom. The van der Waals surface area contributed by atoms with Gasteiger partial charge in [-0.2, -0.15) is 0 Å². The second-order valence-electron chi connectivity index (χ2n) is 8.56. The van der Waals surface area contributed by atoms with Crippen molar-refractivity contribution in [1.29, 1.82) is 0 Å². The van der Waals surface area contributed by atoms with Gasteiger partial charge in [-0.3, -0.25) is 20.5 Å². The van der Waals surface area contributed by atoms with E-state index in [1.165, 1.54) is 36.7 Å². The van der Waals surface area contributed by atoms with E-state index >= 15 is 0 Å². The number of nitrogens with one attached hydrogen (secondary N) is 4. The summed E-state index contributed by atoms with van der Waals surface area (Å²) in [5, 5.41) is 3.43. The lowest BCUT2D eigenvalue weighted by molar-refractivity contribution is -0.127. The number of likely N-dealkylation sites (tertiary alicyclic amines) is 1. The van der Waals surface area contributed by atoms with Gasteiger partial charge in [0.15, 0.2) is 5.11 Å². The Balaban J connectivity index is 1.20. The molecule has 2 aromatic carbocycles. The molecule has 2 heterocycles. The van der Waals surface area contributed by atoms with E-state index in [9.17, 15) is 17.6 Å². The number of anilines is 2. The van der Waals surface area contributed by atoms with Gasteiger partial charge in [0.1, 0.15) is 5.82 Å². The summed E-state index contributed by atoms with van der Waals surface area (Å²) in [6, 6.07) is 11.8. The Bertz CT molecular complexity index is 1390. The minimum Gasteiger partial charge on any atom is -0.331 e. The predicted molar refractivity (Wildman–Crippen MR) is 146 cm³/mol. The molecule has 3 aromatic rings. The van der Waals surface area contributed by atoms with Crippen molar-refractivity contribution in [2.75, 3.05) is 23.1 Å². The van der Waals surface area contributed by atoms with Gasteiger partial charge in [-0.1, -0.05) is 17.7 Å². The van der Waals surface area contributed by atoms with Gasteiger partial charge in [0, 0.05) is 35.6 Å². The van der Waals surface area contributed by atoms with Gasteiger partial charge >= 0.3 is 0 Å². The number of thiocarbonyl (C=S) groups is 1. The van der Waals surface area contributed by atoms with Crippen LogP contribution in [0, 0.1) is 11.7 Å². The minimum absolute atomic E-state index is 0.0238. The van der Waals surface area contributed by atoms with Crippen LogP contribution in [0.4, 0.5) is 16.0 Å². The quantitative estimate of drug-likeness (QED) is 0.247. The number of sulfonamides is 1. The number of carbonyl (C=O) groups excluding carboxylic acids is 1. The van der Waals surface area contributed by atoms with Crippen molar-refractivity contribution in [2.45, 2.75) is 24.3 Å². The van der Waals surface area contributed by atoms with E-state index in [0.717, 1.165) is 5.56 Å². The van der Waals surface area contributed by atoms with Gasteiger partial charge < -0.3 is 5.32 Å². The fraction of sp³-hybridized carbons (Fsp3) is 0.250. The molecule has 1 saturated heterocycles. The van der Waals surface area contributed by atoms with E-state index in [0.29, 0.717) is 43.2 Å². The zero-order chi connectivity index (χ0) is 27.1. The zero-order valence-electron chi connectivity index (χ0n) is 20.0. The highest BCUT2D eigenvalue weighted by Gasteiger charge is 2.25. The lowest BCUT2D eigenvalue weighted by atomic mass is 9.96. The predicted octanol–water partition coefficient (Wildman–Crippen LogP) is 3.30. The maximum atomic E-state index is 13.3. The van der Waals surface area contributed by atoms with E-state index in [1.807, 2.05) is 0 Å². The molecule has 14 heteroatoms. The molecule has 4 rings (SSSR count). The van der Waals surface area contributed by atoms with Crippen molar-refractivity contribution in [1.82, 2.24) is 25.7 Å². The van der Waals surface area contributed by atoms with Crippen LogP contribution in [-0.4, -0.2) is 47.4 Å². The van der Waals surface area contributed by atoms with Crippen molar-refractivity contribution >= 4 is 56.5 Å². The van der Waals surface area contributed by atoms with Gasteiger partial charge in [-0.15, -0.1) is 0 Å². The Morgan fingerprint density at radius 1 is 1.08 bits per heavy atom. The van der Waals surface area contributed by atoms with Crippen molar-refractivity contribution in [3.8, 4) is 0 Å². The molecular weight excluding hydrogens is 553 g/mol. The molecule has 1 fully saturated rings. The van der Waals surface area contributed by atoms with E-state index in [1.54, 1.807) is 24.3 Å². The van der Waals surface area contributed by atoms with Crippen LogP contribution in [-0.2, 0) is 21.4 Å². The Kier molecular flexibility index (Phi) is 9.05. The first-order valence-electron chi connectivity index (χ1n) is 11.6. The molecule has 0 bridgehead atoms. The molecule has 0 unspecified atom stereocenters. The van der Waals surface area contributed by atoms with Gasteiger partial charge in [0.25, 0.3) is 10.0 Å². The topological polar surface area (TPSA) is 128 Å². The molecule has 200 valence electrons. The monoisotopic (exact) mass is 577 g/mol. The number of halogens is 2. The highest BCUT2D eigenvalue weighted by atomic mass is 35.5. The number of hydrazine groups is 1. The van der Waals surface area contributed by atoms with Crippen LogP contribution in [0.3, 0.4) is 0 Å². The fourth-order valence-electron chi connectivity index (χ4n) is 3.88. The zero-order valence-corrected chi connectivity index (χ0v) is 22.4. The number of amides is 1. The van der Waals surface area contributed by atoms with E-state index < -0.39 is 10.0 Å². The number of benzene rings is 2. The number of nitrogens with zero attached hydrogens (tertiary/aromatic N) is 3. The van der Waals surface area contributed by atoms with Crippen LogP contribution in [0.2, 0.25) is 5.02 Å². The van der Waals surface area contributed by atoms with Crippen molar-refractivity contribution in [3.63, 3.8) is 0 Å². The number of piperidine rings is 1. The molecule has 1 aliphatic heterocycles. The summed E-state index contributed by atoms with van der Waals surface area (Å²) in [7, 11) is -3.85. The SMILES string of the molecule is O=C(NNC(=S)Nc1ccc(S(=O)(=O)Nc2ncccn2)cc1)C1CCN(Cc2ccc(F)cc2Cl)CC1. The summed E-state index contributed by atoms with van der Waals surface area (Å²) in [5.74, 6) is -0.760. The lowest BCUT2D eigenvalue weighted by Crippen LogP contribution is -2.48. The third-order valence-corrected chi connectivity index (χ3v) is 7.78. The summed E-state index contributed by atoms with van der Waals surface area (Å²) < 4.78 is 40.5. The first-order valence-corrected chi connectivity index (χ1v) is 13.9. The Morgan fingerprint density at radius 3 is 2.42 bits per heavy atom. The first kappa shape index (κ1) is 27.6. The molecule has 10 nitrogen and oxygen atoms in total. The normalized spacial score (nSPS) is 14.5. The smallest absolute Gasteiger partial charge is 0.264 e. The lowest BCUT2D eigenvalue weighted by Gasteiger charge is -2.31. The summed E-state index contributed by atoms with van der Waals surface area (Å²) >= 11 is 11.4. The summed E-state index contributed by atoms with van der Waals surface area (Å²) in [6.07, 6.45) is 4.18. The third-order valence-electron chi connectivity index (χ3n) is 5.88. The molecule has 38 heavy (non-hydrogen) atoms. The second-order valence-corrected chi connectivity index (χ2v) is 11.1. The average molecular weight is 578 g/mol. The van der Waals surface area contributed by atoms with Gasteiger partial charge in [0.05, 0.1) is 4.90 Å². The number of carbonyl (C=O) groups is 1. The van der Waals surface area contributed by atoms with Crippen molar-refractivity contribution in [2.24, 2.45) is 5.92 Å². The van der Waals surface area contributed by atoms with Crippen LogP contribution in [0.1, 0.15) is 18.4 Å². The molecule has 0 saturated carbocycles. The molecule has 0 atom stereocenters. The largest absolute Gasteiger partial charge is 0.331 e. The highest BCUT2D eigenvalue weighted by molar-refractivity contribution is 7.92. The molecule has 1 aromatic heterocycles. The van der Waals surface area contributed by atoms with Crippen molar-refractivity contribution < 1.29 is 17.6 Å². The molecule has 4 N–H and O–H groups in total. The maximum absolute atomic E-state index is 13.3. The minimum atomic E-state index is -3.85. The molecule has 0 aliphatic carbocycles. The Hall–Kier alpha value is -3.39. The van der Waals surface area contributed by atoms with Crippen LogP contribution in [0.5, 0.6) is 0 Å². The van der Waals surface area contributed by atoms with Gasteiger partial charge in [-0.25, -0.2) is 27.5 Å². The Labute approximate surface area is 230 Å². The van der Waals surface area contributed by atoms with Gasteiger partial charge in [-0.05, 0) is 86.2 Å². The van der Waals surface area contributed by atoms with Gasteiger partial charge in [0.2, 0.25) is 11.9 Å². The van der Waals surface area contributed by atoms with Crippen LogP contribution < -0.4 is 20.9 Å². The maximum Gasteiger partial charge on any atom is 0.264 e. The van der Waals surface area contributed by atoms with E-state index in [2.05, 4.69) is 35.8 Å². The molecule has 1 amide bonds. The molecular formula is C24H25ClFN7O3S2.